The molecule has 126 valence electrons. The summed E-state index contributed by atoms with van der Waals surface area (Å²) in [5.41, 5.74) is 5.40. The highest BCUT2D eigenvalue weighted by Gasteiger charge is 2.34. The van der Waals surface area contributed by atoms with Crippen molar-refractivity contribution in [2.45, 2.75) is 24.9 Å². The molecule has 8 heteroatoms. The van der Waals surface area contributed by atoms with Gasteiger partial charge in [-0.1, -0.05) is 18.2 Å². The first-order chi connectivity index (χ1) is 11.6. The number of rotatable bonds is 4. The second-order valence-corrected chi connectivity index (χ2v) is 5.49. The van der Waals surface area contributed by atoms with E-state index in [2.05, 4.69) is 10.3 Å². The Kier molecular flexibility index (Phi) is 4.70. The maximum absolute atomic E-state index is 12.2. The Morgan fingerprint density at radius 2 is 2.12 bits per heavy atom. The lowest BCUT2D eigenvalue weighted by Crippen LogP contribution is -2.30. The second kappa shape index (κ2) is 6.91. The van der Waals surface area contributed by atoms with Crippen LogP contribution in [0.4, 0.5) is 5.82 Å². The summed E-state index contributed by atoms with van der Waals surface area (Å²) in [4.78, 5) is 28.1. The number of hydrogen-bond acceptors (Lipinski definition) is 6. The van der Waals surface area contributed by atoms with Crippen molar-refractivity contribution in [1.82, 2.24) is 9.55 Å². The van der Waals surface area contributed by atoms with Gasteiger partial charge < -0.3 is 20.9 Å². The molecule has 8 nitrogen and oxygen atoms in total. The molecule has 1 fully saturated rings. The fourth-order valence-corrected chi connectivity index (χ4v) is 2.58. The minimum atomic E-state index is -0.718. The van der Waals surface area contributed by atoms with Gasteiger partial charge in [0.15, 0.2) is 0 Å². The molecular weight excluding hydrogens is 312 g/mol. The second-order valence-electron chi connectivity index (χ2n) is 5.49. The van der Waals surface area contributed by atoms with Crippen molar-refractivity contribution >= 4 is 11.7 Å². The zero-order valence-electron chi connectivity index (χ0n) is 12.8. The molecule has 1 saturated heterocycles. The Morgan fingerprint density at radius 3 is 2.75 bits per heavy atom. The molecule has 4 N–H and O–H groups in total. The standard InChI is InChI=1S/C16H18N4O4/c17-9-12-11(21)8-14(24-12)20-7-6-13(19-16(20)23)18-15(22)10-4-2-1-3-5-10/h1-7,11-12,14,21H,8-9,17H2,(H,18,19,22,23)/t11?,12-,14-/m1/s1. The van der Waals surface area contributed by atoms with Crippen LogP contribution in [0, 0.1) is 0 Å². The monoisotopic (exact) mass is 330 g/mol. The van der Waals surface area contributed by atoms with Crippen LogP contribution in [0.1, 0.15) is 23.0 Å². The first-order valence-electron chi connectivity index (χ1n) is 7.57. The normalized spacial score (nSPS) is 23.2. The number of aliphatic hydroxyl groups excluding tert-OH is 1. The number of nitrogens with zero attached hydrogens (tertiary/aromatic N) is 2. The van der Waals surface area contributed by atoms with E-state index in [4.69, 9.17) is 10.5 Å². The van der Waals surface area contributed by atoms with Crippen molar-refractivity contribution in [2.75, 3.05) is 11.9 Å². The number of nitrogens with one attached hydrogen (secondary N) is 1. The van der Waals surface area contributed by atoms with Crippen molar-refractivity contribution in [3.8, 4) is 0 Å². The number of anilines is 1. The van der Waals surface area contributed by atoms with Crippen LogP contribution >= 0.6 is 0 Å². The zero-order valence-corrected chi connectivity index (χ0v) is 12.8. The summed E-state index contributed by atoms with van der Waals surface area (Å²) in [6.07, 6.45) is -0.0954. The van der Waals surface area contributed by atoms with Crippen LogP contribution in [0.15, 0.2) is 47.4 Å². The summed E-state index contributed by atoms with van der Waals surface area (Å²) in [6, 6.07) is 10.1. The topological polar surface area (TPSA) is 119 Å². The molecule has 2 aromatic rings. The van der Waals surface area contributed by atoms with E-state index < -0.39 is 24.1 Å². The summed E-state index contributed by atoms with van der Waals surface area (Å²) >= 11 is 0. The lowest BCUT2D eigenvalue weighted by Gasteiger charge is -2.14. The molecular formula is C16H18N4O4. The van der Waals surface area contributed by atoms with Crippen LogP contribution in [-0.4, -0.2) is 39.3 Å². The highest BCUT2D eigenvalue weighted by Crippen LogP contribution is 2.27. The maximum atomic E-state index is 12.2. The van der Waals surface area contributed by atoms with Gasteiger partial charge in [-0.2, -0.15) is 4.98 Å². The SMILES string of the molecule is NC[C@H]1O[C@@H](n2ccc(NC(=O)c3ccccc3)nc2=O)CC1O. The Labute approximate surface area is 137 Å². The Morgan fingerprint density at radius 1 is 1.38 bits per heavy atom. The van der Waals surface area contributed by atoms with Crippen LogP contribution in [0.2, 0.25) is 0 Å². The molecule has 1 aromatic heterocycles. The third-order valence-electron chi connectivity index (χ3n) is 3.85. The van der Waals surface area contributed by atoms with Crippen molar-refractivity contribution in [3.05, 3.63) is 58.6 Å². The Hall–Kier alpha value is -2.55. The Bertz CT molecular complexity index is 777. The van der Waals surface area contributed by atoms with Gasteiger partial charge in [-0.3, -0.25) is 9.36 Å². The molecule has 1 amide bonds. The van der Waals surface area contributed by atoms with E-state index in [1.807, 2.05) is 0 Å². The van der Waals surface area contributed by atoms with E-state index in [1.165, 1.54) is 16.8 Å². The summed E-state index contributed by atoms with van der Waals surface area (Å²) in [5.74, 6) is -0.199. The van der Waals surface area contributed by atoms with E-state index in [0.717, 1.165) is 0 Å². The molecule has 1 unspecified atom stereocenters. The van der Waals surface area contributed by atoms with Crippen LogP contribution in [0.25, 0.3) is 0 Å². The average Bonchev–Trinajstić information content (AvgIpc) is 2.96. The number of amides is 1. The van der Waals surface area contributed by atoms with E-state index in [-0.39, 0.29) is 24.7 Å². The molecule has 24 heavy (non-hydrogen) atoms. The van der Waals surface area contributed by atoms with E-state index in [1.54, 1.807) is 30.3 Å². The lowest BCUT2D eigenvalue weighted by atomic mass is 10.2. The third kappa shape index (κ3) is 3.35. The minimum absolute atomic E-state index is 0.152. The number of aromatic nitrogens is 2. The summed E-state index contributed by atoms with van der Waals surface area (Å²) in [7, 11) is 0. The van der Waals surface area contributed by atoms with Gasteiger partial charge >= 0.3 is 5.69 Å². The van der Waals surface area contributed by atoms with Gasteiger partial charge in [-0.05, 0) is 18.2 Å². The fourth-order valence-electron chi connectivity index (χ4n) is 2.58. The average molecular weight is 330 g/mol. The molecule has 2 heterocycles. The molecule has 1 aromatic carbocycles. The van der Waals surface area contributed by atoms with E-state index in [0.29, 0.717) is 5.56 Å². The number of hydrogen-bond donors (Lipinski definition) is 3. The highest BCUT2D eigenvalue weighted by atomic mass is 16.5. The molecule has 0 bridgehead atoms. The van der Waals surface area contributed by atoms with Crippen LogP contribution in [-0.2, 0) is 4.74 Å². The number of nitrogens with two attached hydrogens (primary N) is 1. The quantitative estimate of drug-likeness (QED) is 0.731. The van der Waals surface area contributed by atoms with Gasteiger partial charge in [0.25, 0.3) is 5.91 Å². The largest absolute Gasteiger partial charge is 0.390 e. The van der Waals surface area contributed by atoms with Gasteiger partial charge in [0.1, 0.15) is 12.0 Å². The van der Waals surface area contributed by atoms with Gasteiger partial charge in [-0.25, -0.2) is 4.79 Å². The smallest absolute Gasteiger partial charge is 0.351 e. The van der Waals surface area contributed by atoms with Crippen molar-refractivity contribution < 1.29 is 14.6 Å². The number of carbonyl (C=O) groups is 1. The highest BCUT2D eigenvalue weighted by molar-refractivity contribution is 6.03. The van der Waals surface area contributed by atoms with Gasteiger partial charge in [-0.15, -0.1) is 0 Å². The maximum Gasteiger partial charge on any atom is 0.351 e. The van der Waals surface area contributed by atoms with Crippen molar-refractivity contribution in [1.29, 1.82) is 0 Å². The number of aliphatic hydroxyl groups is 1. The number of ether oxygens (including phenoxy) is 1. The van der Waals surface area contributed by atoms with Crippen molar-refractivity contribution in [2.24, 2.45) is 5.73 Å². The van der Waals surface area contributed by atoms with Crippen LogP contribution < -0.4 is 16.7 Å². The van der Waals surface area contributed by atoms with Gasteiger partial charge in [0.05, 0.1) is 12.2 Å². The summed E-state index contributed by atoms with van der Waals surface area (Å²) in [6.45, 7) is 0.172. The molecule has 0 saturated carbocycles. The first-order valence-corrected chi connectivity index (χ1v) is 7.57. The molecule has 0 aliphatic carbocycles. The van der Waals surface area contributed by atoms with E-state index in [9.17, 15) is 14.7 Å². The molecule has 0 spiro atoms. The predicted molar refractivity (Wildman–Crippen MR) is 86.5 cm³/mol. The Balaban J connectivity index is 1.74. The summed E-state index contributed by atoms with van der Waals surface area (Å²) in [5, 5.41) is 12.4. The number of carbonyl (C=O) groups excluding carboxylic acids is 1. The molecule has 1 aliphatic rings. The first kappa shape index (κ1) is 16.3. The summed E-state index contributed by atoms with van der Waals surface area (Å²) < 4.78 is 6.82. The number of benzene rings is 1. The van der Waals surface area contributed by atoms with Crippen molar-refractivity contribution in [3.63, 3.8) is 0 Å². The van der Waals surface area contributed by atoms with E-state index >= 15 is 0 Å². The minimum Gasteiger partial charge on any atom is -0.390 e. The van der Waals surface area contributed by atoms with Crippen LogP contribution in [0.5, 0.6) is 0 Å². The molecule has 3 atom stereocenters. The molecule has 0 radical (unpaired) electrons. The van der Waals surface area contributed by atoms with Crippen LogP contribution in [0.3, 0.4) is 0 Å². The molecule has 1 aliphatic heterocycles. The lowest BCUT2D eigenvalue weighted by molar-refractivity contribution is -0.0150. The predicted octanol–water partition coefficient (Wildman–Crippen LogP) is 0.103. The fraction of sp³-hybridized carbons (Fsp3) is 0.312. The zero-order chi connectivity index (χ0) is 17.1. The third-order valence-corrected chi connectivity index (χ3v) is 3.85. The van der Waals surface area contributed by atoms with Gasteiger partial charge in [0, 0.05) is 24.7 Å². The molecule has 3 rings (SSSR count). The van der Waals surface area contributed by atoms with Gasteiger partial charge in [0.2, 0.25) is 0 Å².